The van der Waals surface area contributed by atoms with Crippen LogP contribution in [-0.2, 0) is 11.4 Å². The van der Waals surface area contributed by atoms with Crippen molar-refractivity contribution >= 4 is 27.4 Å². The van der Waals surface area contributed by atoms with Gasteiger partial charge in [-0.2, -0.15) is 5.26 Å². The molecule has 7 heteroatoms. The van der Waals surface area contributed by atoms with E-state index >= 15 is 0 Å². The number of aryl methyl sites for hydroxylation is 2. The summed E-state index contributed by atoms with van der Waals surface area (Å²) in [7, 11) is 0. The molecule has 1 aliphatic heterocycles. The first-order valence-corrected chi connectivity index (χ1v) is 13.3. The fourth-order valence-corrected chi connectivity index (χ4v) is 5.65. The molecule has 3 aromatic rings. The van der Waals surface area contributed by atoms with Crippen LogP contribution in [0.4, 0.5) is 10.1 Å². The summed E-state index contributed by atoms with van der Waals surface area (Å²) < 4.78 is 21.2. The van der Waals surface area contributed by atoms with Gasteiger partial charge in [-0.25, -0.2) is 4.39 Å². The Morgan fingerprint density at radius 2 is 1.87 bits per heavy atom. The van der Waals surface area contributed by atoms with Crippen LogP contribution in [-0.4, -0.2) is 5.78 Å². The molecule has 5 rings (SSSR count). The van der Waals surface area contributed by atoms with Gasteiger partial charge in [0.1, 0.15) is 24.0 Å². The Morgan fingerprint density at radius 1 is 1.11 bits per heavy atom. The number of rotatable bonds is 5. The van der Waals surface area contributed by atoms with Crippen molar-refractivity contribution < 1.29 is 13.9 Å². The number of allylic oxidation sites excluding steroid dienone is 3. The number of nitrogens with two attached hydrogens (primary N) is 1. The number of Topliss-reactive ketones (excluding diaryl/α,β-unsaturated/α-hetero) is 1. The molecule has 5 nitrogen and oxygen atoms in total. The largest absolute Gasteiger partial charge is 0.489 e. The normalized spacial score (nSPS) is 17.4. The van der Waals surface area contributed by atoms with Crippen LogP contribution >= 0.6 is 15.9 Å². The lowest BCUT2D eigenvalue weighted by Crippen LogP contribution is -2.39. The molecule has 0 aromatic heterocycles. The molecule has 0 bridgehead atoms. The van der Waals surface area contributed by atoms with Gasteiger partial charge >= 0.3 is 0 Å². The van der Waals surface area contributed by atoms with Gasteiger partial charge in [-0.05, 0) is 91.4 Å². The molecule has 2 aliphatic rings. The van der Waals surface area contributed by atoms with Gasteiger partial charge in [-0.3, -0.25) is 9.69 Å². The Hall–Kier alpha value is -3.89. The molecule has 0 fully saturated rings. The Morgan fingerprint density at radius 3 is 2.58 bits per heavy atom. The van der Waals surface area contributed by atoms with E-state index in [1.54, 1.807) is 17.0 Å². The number of halogens is 2. The quantitative estimate of drug-likeness (QED) is 0.353. The summed E-state index contributed by atoms with van der Waals surface area (Å²) in [6, 6.07) is 20.1. The van der Waals surface area contributed by atoms with Crippen LogP contribution in [0, 0.1) is 31.0 Å². The summed E-state index contributed by atoms with van der Waals surface area (Å²) >= 11 is 3.44. The topological polar surface area (TPSA) is 79.4 Å². The Kier molecular flexibility index (Phi) is 7.09. The summed E-state index contributed by atoms with van der Waals surface area (Å²) in [6.07, 6.45) is 1.68. The minimum absolute atomic E-state index is 0.00876. The molecule has 192 valence electrons. The average molecular weight is 572 g/mol. The maximum atomic E-state index is 14.2. The maximum absolute atomic E-state index is 14.2. The molecular formula is C31H27BrFN3O2. The summed E-state index contributed by atoms with van der Waals surface area (Å²) in [5, 5.41) is 10.3. The highest BCUT2D eigenvalue weighted by Gasteiger charge is 2.41. The zero-order valence-electron chi connectivity index (χ0n) is 21.2. The van der Waals surface area contributed by atoms with E-state index in [4.69, 9.17) is 10.5 Å². The first-order chi connectivity index (χ1) is 18.3. The molecule has 1 heterocycles. The molecule has 0 saturated heterocycles. The molecule has 3 aromatic carbocycles. The molecule has 0 spiro atoms. The van der Waals surface area contributed by atoms with Gasteiger partial charge in [0, 0.05) is 22.2 Å². The summed E-state index contributed by atoms with van der Waals surface area (Å²) in [5.41, 5.74) is 12.6. The van der Waals surface area contributed by atoms with E-state index in [0.29, 0.717) is 37.1 Å². The van der Waals surface area contributed by atoms with E-state index in [1.165, 1.54) is 12.1 Å². The third-order valence-electron chi connectivity index (χ3n) is 7.22. The lowest BCUT2D eigenvalue weighted by molar-refractivity contribution is -0.116. The summed E-state index contributed by atoms with van der Waals surface area (Å²) in [4.78, 5) is 15.2. The standard InChI is InChI=1S/C31H27BrFN3O2/c1-18-13-19(2)25(14-20(18)17-38-24-11-9-21(32)10-12-24)29-26(16-34)31(35)36(23-6-3-5-22(33)15-23)27-7-4-8-28(37)30(27)29/h3,5-6,9-15,29H,4,7-8,17,35H2,1-2H3. The fraction of sp³-hybridized carbons (Fsp3) is 0.226. The SMILES string of the molecule is Cc1cc(C)c(C2C(C#N)=C(N)N(c3cccc(F)c3)C3=C2C(=O)CCC3)cc1COc1ccc(Br)cc1. The highest BCUT2D eigenvalue weighted by atomic mass is 79.9. The minimum Gasteiger partial charge on any atom is -0.489 e. The van der Waals surface area contributed by atoms with Crippen LogP contribution in [0.5, 0.6) is 5.75 Å². The number of hydrogen-bond acceptors (Lipinski definition) is 5. The van der Waals surface area contributed by atoms with Gasteiger partial charge in [-0.1, -0.05) is 34.1 Å². The van der Waals surface area contributed by atoms with E-state index in [0.717, 1.165) is 38.2 Å². The van der Waals surface area contributed by atoms with Crippen molar-refractivity contribution in [3.63, 3.8) is 0 Å². The van der Waals surface area contributed by atoms with Crippen LogP contribution in [0.25, 0.3) is 0 Å². The minimum atomic E-state index is -0.598. The summed E-state index contributed by atoms with van der Waals surface area (Å²) in [5.74, 6) is -0.0492. The number of anilines is 1. The number of nitriles is 1. The monoisotopic (exact) mass is 571 g/mol. The zero-order chi connectivity index (χ0) is 27.0. The van der Waals surface area contributed by atoms with E-state index in [1.807, 2.05) is 44.2 Å². The van der Waals surface area contributed by atoms with Gasteiger partial charge < -0.3 is 10.5 Å². The predicted molar refractivity (Wildman–Crippen MR) is 149 cm³/mol. The average Bonchev–Trinajstić information content (AvgIpc) is 2.89. The second kappa shape index (κ2) is 10.5. The van der Waals surface area contributed by atoms with E-state index in [-0.39, 0.29) is 17.2 Å². The van der Waals surface area contributed by atoms with Crippen molar-refractivity contribution in [2.45, 2.75) is 45.6 Å². The lowest BCUT2D eigenvalue weighted by atomic mass is 9.74. The third-order valence-corrected chi connectivity index (χ3v) is 7.75. The van der Waals surface area contributed by atoms with Crippen LogP contribution < -0.4 is 15.4 Å². The first-order valence-electron chi connectivity index (χ1n) is 12.5. The second-order valence-electron chi connectivity index (χ2n) is 9.67. The van der Waals surface area contributed by atoms with Crippen molar-refractivity contribution in [1.82, 2.24) is 0 Å². The van der Waals surface area contributed by atoms with E-state index < -0.39 is 11.7 Å². The molecule has 0 radical (unpaired) electrons. The van der Waals surface area contributed by atoms with Gasteiger partial charge in [0.05, 0.1) is 23.2 Å². The molecular weight excluding hydrogens is 545 g/mol. The number of carbonyl (C=O) groups excluding carboxylic acids is 1. The molecule has 1 aliphatic carbocycles. The third kappa shape index (κ3) is 4.72. The molecule has 0 saturated carbocycles. The van der Waals surface area contributed by atoms with Crippen LogP contribution in [0.2, 0.25) is 0 Å². The number of ketones is 1. The highest BCUT2D eigenvalue weighted by molar-refractivity contribution is 9.10. The fourth-order valence-electron chi connectivity index (χ4n) is 5.38. The lowest BCUT2D eigenvalue weighted by Gasteiger charge is -2.40. The van der Waals surface area contributed by atoms with Crippen LogP contribution in [0.15, 0.2) is 87.8 Å². The summed E-state index contributed by atoms with van der Waals surface area (Å²) in [6.45, 7) is 4.35. The number of carbonyl (C=O) groups is 1. The van der Waals surface area contributed by atoms with Crippen molar-refractivity contribution in [1.29, 1.82) is 5.26 Å². The Balaban J connectivity index is 1.62. The van der Waals surface area contributed by atoms with E-state index in [9.17, 15) is 14.4 Å². The van der Waals surface area contributed by atoms with Crippen LogP contribution in [0.3, 0.4) is 0 Å². The van der Waals surface area contributed by atoms with Gasteiger partial charge in [0.15, 0.2) is 5.78 Å². The van der Waals surface area contributed by atoms with E-state index in [2.05, 4.69) is 28.1 Å². The van der Waals surface area contributed by atoms with Gasteiger partial charge in [0.25, 0.3) is 0 Å². The Bertz CT molecular complexity index is 1540. The molecule has 1 atom stereocenters. The number of benzene rings is 3. The second-order valence-corrected chi connectivity index (χ2v) is 10.6. The van der Waals surface area contributed by atoms with Gasteiger partial charge in [0.2, 0.25) is 0 Å². The molecule has 1 unspecified atom stereocenters. The highest BCUT2D eigenvalue weighted by Crippen LogP contribution is 2.47. The Labute approximate surface area is 230 Å². The zero-order valence-corrected chi connectivity index (χ0v) is 22.8. The number of hydrogen-bond donors (Lipinski definition) is 1. The first kappa shape index (κ1) is 25.7. The molecule has 0 amide bonds. The smallest absolute Gasteiger partial charge is 0.161 e. The maximum Gasteiger partial charge on any atom is 0.161 e. The number of ether oxygens (including phenoxy) is 1. The molecule has 2 N–H and O–H groups in total. The number of nitrogens with zero attached hydrogens (tertiary/aromatic N) is 2. The van der Waals surface area contributed by atoms with Crippen LogP contribution in [0.1, 0.15) is 47.4 Å². The van der Waals surface area contributed by atoms with Crippen molar-refractivity contribution in [2.75, 3.05) is 4.90 Å². The van der Waals surface area contributed by atoms with Crippen molar-refractivity contribution in [2.24, 2.45) is 5.73 Å². The predicted octanol–water partition coefficient (Wildman–Crippen LogP) is 7.09. The van der Waals surface area contributed by atoms with Gasteiger partial charge in [-0.15, -0.1) is 0 Å². The van der Waals surface area contributed by atoms with Crippen molar-refractivity contribution in [3.05, 3.63) is 116 Å². The molecule has 38 heavy (non-hydrogen) atoms. The van der Waals surface area contributed by atoms with Crippen molar-refractivity contribution in [3.8, 4) is 11.8 Å².